The smallest absolute Gasteiger partial charge is 0.414 e. The minimum Gasteiger partial charge on any atom is -0.473 e. The number of hydrogen-bond donors (Lipinski definition) is 4. The van der Waals surface area contributed by atoms with Gasteiger partial charge in [0.2, 0.25) is 0 Å². The fourth-order valence-corrected chi connectivity index (χ4v) is 2.40. The third kappa shape index (κ3) is 5.68. The van der Waals surface area contributed by atoms with Crippen LogP contribution in [0, 0.1) is 6.92 Å². The molecule has 0 saturated carbocycles. The van der Waals surface area contributed by atoms with Gasteiger partial charge in [-0.15, -0.1) is 0 Å². The third-order valence-electron chi connectivity index (χ3n) is 3.54. The summed E-state index contributed by atoms with van der Waals surface area (Å²) < 4.78 is 0. The maximum Gasteiger partial charge on any atom is 0.414 e. The lowest BCUT2D eigenvalue weighted by molar-refractivity contribution is -0.159. The minimum atomic E-state index is -1.82. The Morgan fingerprint density at radius 2 is 1.79 bits per heavy atom. The van der Waals surface area contributed by atoms with Gasteiger partial charge in [-0.3, -0.25) is 0 Å². The second-order valence-corrected chi connectivity index (χ2v) is 5.83. The second-order valence-electron chi connectivity index (χ2n) is 5.83. The Hall–Kier alpha value is -2.38. The van der Waals surface area contributed by atoms with Crippen molar-refractivity contribution in [3.63, 3.8) is 0 Å². The lowest BCUT2D eigenvalue weighted by atomic mass is 10.0. The van der Waals surface area contributed by atoms with E-state index in [1.165, 1.54) is 27.7 Å². The molecule has 0 radical (unpaired) electrons. The highest BCUT2D eigenvalue weighted by Gasteiger charge is 2.11. The van der Waals surface area contributed by atoms with Crippen LogP contribution in [0.1, 0.15) is 16.8 Å². The van der Waals surface area contributed by atoms with Crippen LogP contribution in [0.4, 0.5) is 0 Å². The number of hydrogen-bond acceptors (Lipinski definition) is 4. The van der Waals surface area contributed by atoms with E-state index in [1.807, 2.05) is 0 Å². The van der Waals surface area contributed by atoms with E-state index in [1.54, 1.807) is 0 Å². The first-order valence-electron chi connectivity index (χ1n) is 7.67. The number of benzene rings is 1. The number of nitrogens with zero attached hydrogens (tertiary/aromatic N) is 1. The molecule has 2 aromatic rings. The molecule has 0 bridgehead atoms. The summed E-state index contributed by atoms with van der Waals surface area (Å²) in [5, 5.41) is 16.1. The zero-order chi connectivity index (χ0) is 18.3. The summed E-state index contributed by atoms with van der Waals surface area (Å²) in [6, 6.07) is 6.58. The molecular formula is C17H25N3O4. The molecule has 5 N–H and O–H groups in total. The number of nitrogens with one attached hydrogen (secondary N) is 1. The van der Waals surface area contributed by atoms with Gasteiger partial charge in [0, 0.05) is 29.6 Å². The predicted molar refractivity (Wildman–Crippen MR) is 93.3 cm³/mol. The van der Waals surface area contributed by atoms with E-state index in [0.717, 1.165) is 19.4 Å². The van der Waals surface area contributed by atoms with E-state index in [0.29, 0.717) is 6.54 Å². The number of nitrogens with two attached hydrogens (primary N) is 1. The molecule has 1 heterocycles. The van der Waals surface area contributed by atoms with E-state index in [9.17, 15) is 0 Å². The summed E-state index contributed by atoms with van der Waals surface area (Å²) in [7, 11) is 4.21. The zero-order valence-corrected chi connectivity index (χ0v) is 14.3. The van der Waals surface area contributed by atoms with Gasteiger partial charge in [0.25, 0.3) is 0 Å². The number of aryl methyl sites for hydroxylation is 1. The normalized spacial score (nSPS) is 10.5. The van der Waals surface area contributed by atoms with E-state index >= 15 is 0 Å². The third-order valence-corrected chi connectivity index (χ3v) is 3.54. The van der Waals surface area contributed by atoms with Crippen LogP contribution < -0.4 is 5.73 Å². The molecule has 0 aliphatic heterocycles. The number of carboxylic acid groups (broad SMARTS) is 2. The molecule has 7 nitrogen and oxygen atoms in total. The molecule has 0 saturated heterocycles. The van der Waals surface area contributed by atoms with Gasteiger partial charge in [-0.2, -0.15) is 0 Å². The fraction of sp³-hybridized carbons (Fsp3) is 0.412. The van der Waals surface area contributed by atoms with E-state index < -0.39 is 11.9 Å². The number of rotatable bonds is 5. The van der Waals surface area contributed by atoms with Crippen LogP contribution in [-0.2, 0) is 22.4 Å². The molecule has 0 aliphatic rings. The molecule has 0 atom stereocenters. The standard InChI is InChI=1S/C15H23N3.C2H2O4/c1-11-4-5-14-13(10-11)12(6-8-16)15(17-14)7-9-18(2)3;3-1(4)2(5)6/h4-5,10,17H,6-9,16H2,1-3H3;(H,3,4)(H,5,6). The van der Waals surface area contributed by atoms with Crippen molar-refractivity contribution in [1.82, 2.24) is 9.88 Å². The average Bonchev–Trinajstić information content (AvgIpc) is 2.83. The Morgan fingerprint density at radius 3 is 2.29 bits per heavy atom. The van der Waals surface area contributed by atoms with Gasteiger partial charge in [0.05, 0.1) is 0 Å². The van der Waals surface area contributed by atoms with Crippen molar-refractivity contribution >= 4 is 22.8 Å². The highest BCUT2D eigenvalue weighted by molar-refractivity contribution is 6.27. The monoisotopic (exact) mass is 335 g/mol. The van der Waals surface area contributed by atoms with Crippen LogP contribution >= 0.6 is 0 Å². The number of aliphatic carboxylic acids is 2. The maximum atomic E-state index is 9.10. The summed E-state index contributed by atoms with van der Waals surface area (Å²) in [5.41, 5.74) is 11.0. The van der Waals surface area contributed by atoms with Crippen molar-refractivity contribution in [1.29, 1.82) is 0 Å². The number of aromatic nitrogens is 1. The summed E-state index contributed by atoms with van der Waals surface area (Å²) >= 11 is 0. The largest absolute Gasteiger partial charge is 0.473 e. The Bertz CT molecular complexity index is 695. The molecule has 0 fully saturated rings. The highest BCUT2D eigenvalue weighted by atomic mass is 16.4. The van der Waals surface area contributed by atoms with Crippen molar-refractivity contribution in [3.05, 3.63) is 35.0 Å². The van der Waals surface area contributed by atoms with Crippen LogP contribution in [0.2, 0.25) is 0 Å². The quantitative estimate of drug-likeness (QED) is 0.610. The maximum absolute atomic E-state index is 9.10. The number of likely N-dealkylation sites (N-methyl/N-ethyl adjacent to an activating group) is 1. The molecule has 0 amide bonds. The van der Waals surface area contributed by atoms with Gasteiger partial charge < -0.3 is 25.8 Å². The molecule has 132 valence electrons. The highest BCUT2D eigenvalue weighted by Crippen LogP contribution is 2.24. The second kappa shape index (κ2) is 9.05. The van der Waals surface area contributed by atoms with Crippen LogP contribution in [0.5, 0.6) is 0 Å². The van der Waals surface area contributed by atoms with Crippen LogP contribution in [-0.4, -0.2) is 59.2 Å². The van der Waals surface area contributed by atoms with Gasteiger partial charge >= 0.3 is 11.9 Å². The Morgan fingerprint density at radius 1 is 1.17 bits per heavy atom. The molecule has 0 unspecified atom stereocenters. The number of carbonyl (C=O) groups is 2. The van der Waals surface area contributed by atoms with Gasteiger partial charge in [0.1, 0.15) is 0 Å². The summed E-state index contributed by atoms with van der Waals surface area (Å²) in [6.07, 6.45) is 2.00. The molecule has 1 aromatic heterocycles. The van der Waals surface area contributed by atoms with Gasteiger partial charge in [-0.05, 0) is 51.7 Å². The Kier molecular flexibility index (Phi) is 7.41. The van der Waals surface area contributed by atoms with Crippen molar-refractivity contribution in [3.8, 4) is 0 Å². The van der Waals surface area contributed by atoms with Crippen molar-refractivity contribution in [2.75, 3.05) is 27.2 Å². The molecule has 24 heavy (non-hydrogen) atoms. The van der Waals surface area contributed by atoms with Crippen molar-refractivity contribution in [2.24, 2.45) is 5.73 Å². The molecule has 1 aromatic carbocycles. The van der Waals surface area contributed by atoms with Crippen molar-refractivity contribution < 1.29 is 19.8 Å². The number of carboxylic acids is 2. The lowest BCUT2D eigenvalue weighted by Gasteiger charge is -2.09. The van der Waals surface area contributed by atoms with Gasteiger partial charge in [-0.1, -0.05) is 11.6 Å². The van der Waals surface area contributed by atoms with Crippen LogP contribution in [0.15, 0.2) is 18.2 Å². The molecule has 2 rings (SSSR count). The minimum absolute atomic E-state index is 0.704. The molecule has 7 heteroatoms. The molecule has 0 aliphatic carbocycles. The average molecular weight is 335 g/mol. The number of aromatic amines is 1. The first-order chi connectivity index (χ1) is 11.3. The predicted octanol–water partition coefficient (Wildman–Crippen LogP) is 1.24. The summed E-state index contributed by atoms with van der Waals surface area (Å²) in [5.74, 6) is -3.65. The van der Waals surface area contributed by atoms with Crippen LogP contribution in [0.25, 0.3) is 10.9 Å². The first-order valence-corrected chi connectivity index (χ1v) is 7.67. The summed E-state index contributed by atoms with van der Waals surface area (Å²) in [6.45, 7) is 3.90. The lowest BCUT2D eigenvalue weighted by Crippen LogP contribution is -2.16. The molecular weight excluding hydrogens is 310 g/mol. The van der Waals surface area contributed by atoms with E-state index in [-0.39, 0.29) is 0 Å². The topological polar surface area (TPSA) is 120 Å². The zero-order valence-electron chi connectivity index (χ0n) is 14.3. The van der Waals surface area contributed by atoms with Crippen LogP contribution in [0.3, 0.4) is 0 Å². The van der Waals surface area contributed by atoms with Gasteiger partial charge in [-0.25, -0.2) is 9.59 Å². The Labute approximate surface area is 141 Å². The first kappa shape index (κ1) is 19.7. The summed E-state index contributed by atoms with van der Waals surface area (Å²) in [4.78, 5) is 24.0. The number of H-pyrrole nitrogens is 1. The SMILES string of the molecule is Cc1ccc2[nH]c(CCN(C)C)c(CCN)c2c1.O=C(O)C(=O)O. The van der Waals surface area contributed by atoms with E-state index in [2.05, 4.69) is 49.1 Å². The van der Waals surface area contributed by atoms with Gasteiger partial charge in [0.15, 0.2) is 0 Å². The van der Waals surface area contributed by atoms with E-state index in [4.69, 9.17) is 25.5 Å². The molecule has 0 spiro atoms. The fourth-order valence-electron chi connectivity index (χ4n) is 2.40. The Balaban J connectivity index is 0.000000413. The van der Waals surface area contributed by atoms with Crippen molar-refractivity contribution in [2.45, 2.75) is 19.8 Å². The number of fused-ring (bicyclic) bond motifs is 1.